The van der Waals surface area contributed by atoms with Crippen LogP contribution in [0.2, 0.25) is 0 Å². The highest BCUT2D eigenvalue weighted by Crippen LogP contribution is 2.35. The van der Waals surface area contributed by atoms with Crippen molar-refractivity contribution in [3.8, 4) is 0 Å². The zero-order valence-corrected chi connectivity index (χ0v) is 13.3. The third-order valence-electron chi connectivity index (χ3n) is 4.28. The van der Waals surface area contributed by atoms with E-state index in [2.05, 4.69) is 10.3 Å². The summed E-state index contributed by atoms with van der Waals surface area (Å²) in [4.78, 5) is 31.1. The van der Waals surface area contributed by atoms with Gasteiger partial charge in [-0.3, -0.25) is 9.59 Å². The van der Waals surface area contributed by atoms with Crippen LogP contribution < -0.4 is 5.32 Å². The first kappa shape index (κ1) is 14.5. The molecule has 1 aromatic rings. The van der Waals surface area contributed by atoms with Crippen molar-refractivity contribution in [2.45, 2.75) is 51.6 Å². The zero-order chi connectivity index (χ0) is 15.0. The van der Waals surface area contributed by atoms with Gasteiger partial charge < -0.3 is 10.2 Å². The number of piperazine rings is 1. The number of nitrogens with one attached hydrogen (secondary N) is 1. The standard InChI is InChI=1S/C15H21N3O2S/c1-3-12-14(19)17-13(10-4-5-10)15(20)18(12)7-6-11-8-21-9(2)16-11/h8,10,12-13H,3-7H2,1-2H3,(H,17,19). The van der Waals surface area contributed by atoms with Crippen LogP contribution in [0.15, 0.2) is 5.38 Å². The number of nitrogens with zero attached hydrogens (tertiary/aromatic N) is 2. The largest absolute Gasteiger partial charge is 0.342 e. The van der Waals surface area contributed by atoms with Crippen LogP contribution in [0.4, 0.5) is 0 Å². The van der Waals surface area contributed by atoms with E-state index in [1.165, 1.54) is 0 Å². The van der Waals surface area contributed by atoms with Crippen molar-refractivity contribution in [1.29, 1.82) is 0 Å². The Labute approximate surface area is 128 Å². The summed E-state index contributed by atoms with van der Waals surface area (Å²) in [7, 11) is 0. The molecule has 0 spiro atoms. The summed E-state index contributed by atoms with van der Waals surface area (Å²) in [5.74, 6) is 0.447. The van der Waals surface area contributed by atoms with E-state index in [1.807, 2.05) is 19.2 Å². The van der Waals surface area contributed by atoms with Gasteiger partial charge in [-0.15, -0.1) is 11.3 Å². The van der Waals surface area contributed by atoms with Crippen molar-refractivity contribution in [2.24, 2.45) is 5.92 Å². The molecule has 1 aromatic heterocycles. The number of carbonyl (C=O) groups excluding carboxylic acids is 2. The van der Waals surface area contributed by atoms with Gasteiger partial charge in [0.15, 0.2) is 0 Å². The molecule has 2 heterocycles. The molecule has 2 amide bonds. The van der Waals surface area contributed by atoms with Gasteiger partial charge >= 0.3 is 0 Å². The van der Waals surface area contributed by atoms with Crippen LogP contribution >= 0.6 is 11.3 Å². The molecule has 1 N–H and O–H groups in total. The van der Waals surface area contributed by atoms with Crippen LogP contribution in [0.25, 0.3) is 0 Å². The Balaban J connectivity index is 1.71. The fourth-order valence-corrected chi connectivity index (χ4v) is 3.61. The van der Waals surface area contributed by atoms with Gasteiger partial charge in [0, 0.05) is 18.3 Å². The molecule has 1 aliphatic carbocycles. The first-order valence-corrected chi connectivity index (χ1v) is 8.50. The second kappa shape index (κ2) is 5.75. The van der Waals surface area contributed by atoms with Gasteiger partial charge in [0.2, 0.25) is 11.8 Å². The molecule has 5 nitrogen and oxygen atoms in total. The van der Waals surface area contributed by atoms with Crippen molar-refractivity contribution in [2.75, 3.05) is 6.54 Å². The molecule has 1 saturated carbocycles. The molecule has 3 rings (SSSR count). The molecule has 2 aliphatic rings. The third-order valence-corrected chi connectivity index (χ3v) is 5.10. The van der Waals surface area contributed by atoms with E-state index in [0.717, 1.165) is 30.0 Å². The monoisotopic (exact) mass is 307 g/mol. The smallest absolute Gasteiger partial charge is 0.246 e. The van der Waals surface area contributed by atoms with Gasteiger partial charge in [-0.2, -0.15) is 0 Å². The second-order valence-electron chi connectivity index (χ2n) is 5.89. The Hall–Kier alpha value is -1.43. The number of carbonyl (C=O) groups is 2. The predicted molar refractivity (Wildman–Crippen MR) is 81.0 cm³/mol. The number of aryl methyl sites for hydroxylation is 1. The molecule has 0 aromatic carbocycles. The quantitative estimate of drug-likeness (QED) is 0.897. The van der Waals surface area contributed by atoms with Crippen LogP contribution in [0.5, 0.6) is 0 Å². The Bertz CT molecular complexity index is 553. The van der Waals surface area contributed by atoms with Crippen LogP contribution in [-0.4, -0.2) is 40.3 Å². The van der Waals surface area contributed by atoms with E-state index in [-0.39, 0.29) is 23.9 Å². The lowest BCUT2D eigenvalue weighted by Crippen LogP contribution is -2.64. The number of thiazole rings is 1. The molecule has 21 heavy (non-hydrogen) atoms. The lowest BCUT2D eigenvalue weighted by atomic mass is 10.0. The van der Waals surface area contributed by atoms with Gasteiger partial charge in [-0.05, 0) is 32.1 Å². The Morgan fingerprint density at radius 1 is 1.43 bits per heavy atom. The Kier molecular flexibility index (Phi) is 3.97. The van der Waals surface area contributed by atoms with E-state index in [4.69, 9.17) is 0 Å². The fraction of sp³-hybridized carbons (Fsp3) is 0.667. The average molecular weight is 307 g/mol. The molecule has 0 radical (unpaired) electrons. The van der Waals surface area contributed by atoms with E-state index < -0.39 is 0 Å². The molecular formula is C15H21N3O2S. The maximum atomic E-state index is 12.6. The normalized spacial score (nSPS) is 26.1. The second-order valence-corrected chi connectivity index (χ2v) is 6.95. The van der Waals surface area contributed by atoms with Crippen LogP contribution in [0, 0.1) is 12.8 Å². The summed E-state index contributed by atoms with van der Waals surface area (Å²) in [5, 5.41) is 5.99. The summed E-state index contributed by atoms with van der Waals surface area (Å²) in [6.07, 6.45) is 3.47. The van der Waals surface area contributed by atoms with Crippen LogP contribution in [0.1, 0.15) is 36.9 Å². The average Bonchev–Trinajstić information content (AvgIpc) is 3.22. The van der Waals surface area contributed by atoms with Crippen molar-refractivity contribution in [3.63, 3.8) is 0 Å². The molecule has 2 fully saturated rings. The summed E-state index contributed by atoms with van der Waals surface area (Å²) in [6.45, 7) is 4.51. The lowest BCUT2D eigenvalue weighted by Gasteiger charge is -2.38. The van der Waals surface area contributed by atoms with Gasteiger partial charge in [-0.25, -0.2) is 4.98 Å². The van der Waals surface area contributed by atoms with Gasteiger partial charge in [-0.1, -0.05) is 6.92 Å². The van der Waals surface area contributed by atoms with E-state index in [0.29, 0.717) is 18.9 Å². The first-order chi connectivity index (χ1) is 10.1. The number of amides is 2. The fourth-order valence-electron chi connectivity index (χ4n) is 2.96. The highest BCUT2D eigenvalue weighted by molar-refractivity contribution is 7.09. The minimum atomic E-state index is -0.327. The Morgan fingerprint density at radius 2 is 2.19 bits per heavy atom. The van der Waals surface area contributed by atoms with E-state index in [9.17, 15) is 9.59 Å². The molecule has 0 bridgehead atoms. The summed E-state index contributed by atoms with van der Waals surface area (Å²) in [6, 6.07) is -0.621. The summed E-state index contributed by atoms with van der Waals surface area (Å²) in [5.41, 5.74) is 1.01. The van der Waals surface area contributed by atoms with Gasteiger partial charge in [0.25, 0.3) is 0 Å². The number of hydrogen-bond donors (Lipinski definition) is 1. The van der Waals surface area contributed by atoms with Crippen LogP contribution in [-0.2, 0) is 16.0 Å². The molecule has 6 heteroatoms. The minimum absolute atomic E-state index is 0.00320. The molecule has 1 aliphatic heterocycles. The highest BCUT2D eigenvalue weighted by atomic mass is 32.1. The predicted octanol–water partition coefficient (Wildman–Crippen LogP) is 1.51. The maximum Gasteiger partial charge on any atom is 0.246 e. The number of aromatic nitrogens is 1. The molecule has 114 valence electrons. The van der Waals surface area contributed by atoms with Crippen LogP contribution in [0.3, 0.4) is 0 Å². The number of rotatable bonds is 5. The SMILES string of the molecule is CCC1C(=O)NC(C2CC2)C(=O)N1CCc1csc(C)n1. The molecule has 2 unspecified atom stereocenters. The van der Waals surface area contributed by atoms with Crippen molar-refractivity contribution < 1.29 is 9.59 Å². The van der Waals surface area contributed by atoms with E-state index in [1.54, 1.807) is 16.2 Å². The first-order valence-electron chi connectivity index (χ1n) is 7.62. The highest BCUT2D eigenvalue weighted by Gasteiger charge is 2.46. The Morgan fingerprint density at radius 3 is 2.76 bits per heavy atom. The molecular weight excluding hydrogens is 286 g/mol. The zero-order valence-electron chi connectivity index (χ0n) is 12.5. The summed E-state index contributed by atoms with van der Waals surface area (Å²) < 4.78 is 0. The van der Waals surface area contributed by atoms with Gasteiger partial charge in [0.05, 0.1) is 10.7 Å². The van der Waals surface area contributed by atoms with Gasteiger partial charge in [0.1, 0.15) is 12.1 Å². The lowest BCUT2D eigenvalue weighted by molar-refractivity contribution is -0.150. The van der Waals surface area contributed by atoms with Crippen molar-refractivity contribution in [3.05, 3.63) is 16.1 Å². The topological polar surface area (TPSA) is 62.3 Å². The minimum Gasteiger partial charge on any atom is -0.342 e. The van der Waals surface area contributed by atoms with Crippen molar-refractivity contribution in [1.82, 2.24) is 15.2 Å². The number of hydrogen-bond acceptors (Lipinski definition) is 4. The van der Waals surface area contributed by atoms with E-state index >= 15 is 0 Å². The third kappa shape index (κ3) is 2.95. The summed E-state index contributed by atoms with van der Waals surface area (Å²) >= 11 is 1.62. The maximum absolute atomic E-state index is 12.6. The van der Waals surface area contributed by atoms with Crippen molar-refractivity contribution >= 4 is 23.2 Å². The molecule has 2 atom stereocenters. The molecule has 1 saturated heterocycles.